The fourth-order valence-electron chi connectivity index (χ4n) is 0.666. The molecular weight excluding hydrogens is 271 g/mol. The molecule has 0 saturated heterocycles. The average Bonchev–Trinajstić information content (AvgIpc) is 2.12. The van der Waals surface area contributed by atoms with E-state index in [9.17, 15) is 9.59 Å². The predicted molar refractivity (Wildman–Crippen MR) is 42.9 cm³/mol. The van der Waals surface area contributed by atoms with Crippen LogP contribution in [0.25, 0.3) is 0 Å². The summed E-state index contributed by atoms with van der Waals surface area (Å²) in [5.41, 5.74) is 0. The predicted octanol–water partition coefficient (Wildman–Crippen LogP) is -4.23. The molecule has 8 N–H and O–H groups in total. The molecule has 0 aromatic heterocycles. The van der Waals surface area contributed by atoms with Crippen LogP contribution in [0.3, 0.4) is 0 Å². The van der Waals surface area contributed by atoms with E-state index in [1.807, 2.05) is 0 Å². The molecule has 0 heterocycles. The molecule has 0 saturated carbocycles. The van der Waals surface area contributed by atoms with Crippen molar-refractivity contribution in [1.82, 2.24) is 0 Å². The van der Waals surface area contributed by atoms with Gasteiger partial charge < -0.3 is 36.1 Å². The zero-order valence-electron chi connectivity index (χ0n) is 7.69. The van der Waals surface area contributed by atoms with Crippen LogP contribution < -0.4 is 0 Å². The molecule has 10 heteroatoms. The van der Waals surface area contributed by atoms with Crippen LogP contribution >= 0.6 is 0 Å². The molecule has 0 aromatic rings. The first-order valence-electron chi connectivity index (χ1n) is 3.47. The molecule has 4 unspecified atom stereocenters. The van der Waals surface area contributed by atoms with Crippen LogP contribution in [0.2, 0.25) is 0 Å². The number of carboxylic acids is 2. The Labute approximate surface area is 99.7 Å². The maximum Gasteiger partial charge on any atom is 0.335 e. The molecule has 0 aliphatic heterocycles. The molecule has 4 atom stereocenters. The van der Waals surface area contributed by atoms with Gasteiger partial charge in [0.1, 0.15) is 12.2 Å². The van der Waals surface area contributed by atoms with E-state index in [0.29, 0.717) is 0 Å². The number of carbonyl (C=O) groups is 2. The Balaban J connectivity index is -0.000000845. The first-order chi connectivity index (χ1) is 6.29. The molecule has 0 aliphatic rings. The number of rotatable bonds is 5. The zero-order valence-corrected chi connectivity index (χ0v) is 8.87. The van der Waals surface area contributed by atoms with Crippen molar-refractivity contribution in [1.29, 1.82) is 0 Å². The van der Waals surface area contributed by atoms with E-state index in [2.05, 4.69) is 0 Å². The second-order valence-electron chi connectivity index (χ2n) is 2.55. The van der Waals surface area contributed by atoms with Crippen molar-refractivity contribution in [3.8, 4) is 0 Å². The Morgan fingerprint density at radius 3 is 1.06 bits per heavy atom. The van der Waals surface area contributed by atoms with Crippen molar-refractivity contribution in [2.45, 2.75) is 24.4 Å². The second-order valence-corrected chi connectivity index (χ2v) is 2.55. The van der Waals surface area contributed by atoms with Gasteiger partial charge in [0.15, 0.2) is 12.2 Å². The van der Waals surface area contributed by atoms with E-state index >= 15 is 0 Å². The van der Waals surface area contributed by atoms with Crippen LogP contribution in [0.5, 0.6) is 0 Å². The SMILES string of the molecule is O.O=C(O)C(O)C(O)C(O)C(O)C(=O)O.[Mn]. The third-order valence-electron chi connectivity index (χ3n) is 1.50. The first kappa shape index (κ1) is 20.6. The van der Waals surface area contributed by atoms with Crippen LogP contribution in [0.4, 0.5) is 0 Å². The fraction of sp³-hybridized carbons (Fsp3) is 0.667. The standard InChI is InChI=1S/C6H10O8.Mn.H2O/c7-1(3(9)5(11)12)2(8)4(10)6(13)14;;/h1-4,7-10H,(H,11,12)(H,13,14);;1H2. The number of hydrogen-bond acceptors (Lipinski definition) is 6. The smallest absolute Gasteiger partial charge is 0.335 e. The normalized spacial score (nSPS) is 17.0. The van der Waals surface area contributed by atoms with Gasteiger partial charge in [-0.2, -0.15) is 0 Å². The topological polar surface area (TPSA) is 187 Å². The van der Waals surface area contributed by atoms with Crippen molar-refractivity contribution in [2.75, 3.05) is 0 Å². The number of aliphatic hydroxyl groups excluding tert-OH is 4. The van der Waals surface area contributed by atoms with Gasteiger partial charge in [0, 0.05) is 17.1 Å². The summed E-state index contributed by atoms with van der Waals surface area (Å²) in [7, 11) is 0. The Morgan fingerprint density at radius 2 is 0.938 bits per heavy atom. The van der Waals surface area contributed by atoms with E-state index in [1.54, 1.807) is 0 Å². The Bertz CT molecular complexity index is 208. The Morgan fingerprint density at radius 1 is 0.750 bits per heavy atom. The summed E-state index contributed by atoms with van der Waals surface area (Å²) in [6.45, 7) is 0. The molecule has 9 nitrogen and oxygen atoms in total. The largest absolute Gasteiger partial charge is 0.479 e. The number of aliphatic carboxylic acids is 2. The summed E-state index contributed by atoms with van der Waals surface area (Å²) < 4.78 is 0. The fourth-order valence-corrected chi connectivity index (χ4v) is 0.666. The van der Waals surface area contributed by atoms with Crippen LogP contribution in [-0.4, -0.2) is 72.5 Å². The van der Waals surface area contributed by atoms with Crippen molar-refractivity contribution in [2.24, 2.45) is 0 Å². The molecule has 0 aromatic carbocycles. The molecule has 16 heavy (non-hydrogen) atoms. The quantitative estimate of drug-likeness (QED) is 0.274. The second kappa shape index (κ2) is 8.42. The minimum Gasteiger partial charge on any atom is -0.479 e. The minimum absolute atomic E-state index is 0. The number of hydrogen-bond donors (Lipinski definition) is 6. The van der Waals surface area contributed by atoms with Gasteiger partial charge in [-0.3, -0.25) is 0 Å². The molecule has 0 spiro atoms. The summed E-state index contributed by atoms with van der Waals surface area (Å²) >= 11 is 0. The van der Waals surface area contributed by atoms with Crippen molar-refractivity contribution < 1.29 is 62.8 Å². The van der Waals surface area contributed by atoms with Gasteiger partial charge in [-0.15, -0.1) is 0 Å². The molecule has 1 radical (unpaired) electrons. The van der Waals surface area contributed by atoms with E-state index in [1.165, 1.54) is 0 Å². The maximum atomic E-state index is 10.1. The van der Waals surface area contributed by atoms with E-state index < -0.39 is 36.4 Å². The molecule has 97 valence electrons. The van der Waals surface area contributed by atoms with Gasteiger partial charge in [-0.25, -0.2) is 9.59 Å². The van der Waals surface area contributed by atoms with Crippen LogP contribution in [0, 0.1) is 0 Å². The van der Waals surface area contributed by atoms with E-state index in [-0.39, 0.29) is 22.5 Å². The van der Waals surface area contributed by atoms with Crippen molar-refractivity contribution >= 4 is 11.9 Å². The average molecular weight is 283 g/mol. The Hall–Kier alpha value is -0.741. The molecule has 0 aliphatic carbocycles. The summed E-state index contributed by atoms with van der Waals surface area (Å²) in [4.78, 5) is 20.2. The Kier molecular flexibility index (Phi) is 10.9. The summed E-state index contributed by atoms with van der Waals surface area (Å²) in [6, 6.07) is 0. The number of aliphatic hydroxyl groups is 4. The van der Waals surface area contributed by atoms with E-state index in [4.69, 9.17) is 30.6 Å². The summed E-state index contributed by atoms with van der Waals surface area (Å²) in [5, 5.41) is 51.5. The van der Waals surface area contributed by atoms with Gasteiger partial charge >= 0.3 is 11.9 Å². The molecule has 0 amide bonds. The summed E-state index contributed by atoms with van der Waals surface area (Å²) in [5.74, 6) is -3.68. The van der Waals surface area contributed by atoms with Crippen molar-refractivity contribution in [3.05, 3.63) is 0 Å². The van der Waals surface area contributed by atoms with Gasteiger partial charge in [0.2, 0.25) is 0 Å². The van der Waals surface area contributed by atoms with Gasteiger partial charge in [0.25, 0.3) is 0 Å². The minimum atomic E-state index is -2.36. The van der Waals surface area contributed by atoms with Gasteiger partial charge in [-0.1, -0.05) is 0 Å². The van der Waals surface area contributed by atoms with Crippen LogP contribution in [-0.2, 0) is 26.7 Å². The third kappa shape index (κ3) is 5.37. The van der Waals surface area contributed by atoms with Gasteiger partial charge in [0.05, 0.1) is 0 Å². The molecule has 0 fully saturated rings. The number of carboxylic acid groups (broad SMARTS) is 2. The van der Waals surface area contributed by atoms with Crippen LogP contribution in [0.1, 0.15) is 0 Å². The molecule has 0 bridgehead atoms. The van der Waals surface area contributed by atoms with E-state index in [0.717, 1.165) is 0 Å². The zero-order chi connectivity index (χ0) is 11.5. The first-order valence-corrected chi connectivity index (χ1v) is 3.47. The van der Waals surface area contributed by atoms with Gasteiger partial charge in [-0.05, 0) is 0 Å². The summed E-state index contributed by atoms with van der Waals surface area (Å²) in [6.07, 6.45) is -9.28. The maximum absolute atomic E-state index is 10.1. The molecule has 0 rings (SSSR count). The monoisotopic (exact) mass is 283 g/mol. The molecular formula is C6H12MnO9. The van der Waals surface area contributed by atoms with Crippen molar-refractivity contribution in [3.63, 3.8) is 0 Å². The third-order valence-corrected chi connectivity index (χ3v) is 1.50. The van der Waals surface area contributed by atoms with Crippen LogP contribution in [0.15, 0.2) is 0 Å².